The molecule has 0 heterocycles. The Morgan fingerprint density at radius 1 is 0.955 bits per heavy atom. The van der Waals surface area contributed by atoms with Crippen LogP contribution in [0.2, 0.25) is 0 Å². The first-order chi connectivity index (χ1) is 10.8. The quantitative estimate of drug-likeness (QED) is 0.773. The zero-order valence-electron chi connectivity index (χ0n) is 12.5. The Labute approximate surface area is 130 Å². The van der Waals surface area contributed by atoms with E-state index in [1.54, 1.807) is 7.11 Å². The van der Waals surface area contributed by atoms with Crippen molar-refractivity contribution >= 4 is 6.03 Å². The van der Waals surface area contributed by atoms with Crippen molar-refractivity contribution in [2.75, 3.05) is 20.3 Å². The molecule has 0 atom stereocenters. The van der Waals surface area contributed by atoms with E-state index in [1.807, 2.05) is 54.6 Å². The van der Waals surface area contributed by atoms with Crippen molar-refractivity contribution in [3.05, 3.63) is 60.2 Å². The Morgan fingerprint density at radius 2 is 1.64 bits per heavy atom. The summed E-state index contributed by atoms with van der Waals surface area (Å²) in [4.78, 5) is 11.6. The summed E-state index contributed by atoms with van der Waals surface area (Å²) in [7, 11) is 1.62. The lowest BCUT2D eigenvalue weighted by molar-refractivity contribution is 0.236. The third-order valence-electron chi connectivity index (χ3n) is 3.01. The van der Waals surface area contributed by atoms with E-state index in [2.05, 4.69) is 10.6 Å². The Kier molecular flexibility index (Phi) is 6.11. The van der Waals surface area contributed by atoms with E-state index in [9.17, 15) is 4.79 Å². The number of hydrogen-bond acceptors (Lipinski definition) is 3. The fraction of sp³-hybridized carbons (Fsp3) is 0.235. The summed E-state index contributed by atoms with van der Waals surface area (Å²) >= 11 is 0. The summed E-state index contributed by atoms with van der Waals surface area (Å²) in [5, 5.41) is 5.54. The second-order valence-corrected chi connectivity index (χ2v) is 4.62. The van der Waals surface area contributed by atoms with E-state index in [-0.39, 0.29) is 6.03 Å². The van der Waals surface area contributed by atoms with E-state index in [1.165, 1.54) is 0 Å². The van der Waals surface area contributed by atoms with Crippen molar-refractivity contribution in [1.29, 1.82) is 0 Å². The number of carbonyl (C=O) groups is 1. The number of nitrogens with one attached hydrogen (secondary N) is 2. The van der Waals surface area contributed by atoms with Gasteiger partial charge in [-0.2, -0.15) is 0 Å². The van der Waals surface area contributed by atoms with Gasteiger partial charge >= 0.3 is 6.03 Å². The van der Waals surface area contributed by atoms with E-state index >= 15 is 0 Å². The number of hydrogen-bond donors (Lipinski definition) is 2. The molecule has 2 aromatic carbocycles. The van der Waals surface area contributed by atoms with Crippen LogP contribution in [0.1, 0.15) is 5.56 Å². The maximum atomic E-state index is 11.6. The third-order valence-corrected chi connectivity index (χ3v) is 3.01. The van der Waals surface area contributed by atoms with Gasteiger partial charge in [0, 0.05) is 6.54 Å². The monoisotopic (exact) mass is 300 g/mol. The van der Waals surface area contributed by atoms with Crippen LogP contribution in [0.25, 0.3) is 0 Å². The second-order valence-electron chi connectivity index (χ2n) is 4.62. The van der Waals surface area contributed by atoms with Gasteiger partial charge < -0.3 is 20.1 Å². The summed E-state index contributed by atoms with van der Waals surface area (Å²) in [6.07, 6.45) is 0. The van der Waals surface area contributed by atoms with Crippen LogP contribution in [0.4, 0.5) is 4.79 Å². The van der Waals surface area contributed by atoms with Gasteiger partial charge in [0.2, 0.25) is 0 Å². The van der Waals surface area contributed by atoms with Crippen LogP contribution in [0, 0.1) is 0 Å². The van der Waals surface area contributed by atoms with Gasteiger partial charge in [-0.25, -0.2) is 4.79 Å². The minimum Gasteiger partial charge on any atom is -0.497 e. The Balaban J connectivity index is 1.60. The van der Waals surface area contributed by atoms with Gasteiger partial charge in [-0.05, 0) is 29.8 Å². The van der Waals surface area contributed by atoms with Crippen LogP contribution in [-0.2, 0) is 6.54 Å². The number of carbonyl (C=O) groups excluding carboxylic acids is 1. The first-order valence-electron chi connectivity index (χ1n) is 7.10. The summed E-state index contributed by atoms with van der Waals surface area (Å²) in [5.41, 5.74) is 1.06. The molecule has 0 radical (unpaired) electrons. The maximum Gasteiger partial charge on any atom is 0.315 e. The predicted octanol–water partition coefficient (Wildman–Crippen LogP) is 2.57. The van der Waals surface area contributed by atoms with Crippen LogP contribution < -0.4 is 20.1 Å². The zero-order chi connectivity index (χ0) is 15.6. The molecule has 0 bridgehead atoms. The van der Waals surface area contributed by atoms with E-state index < -0.39 is 0 Å². The normalized spacial score (nSPS) is 9.86. The summed E-state index contributed by atoms with van der Waals surface area (Å²) in [5.74, 6) is 1.53. The molecule has 0 aromatic heterocycles. The molecule has 2 aromatic rings. The SMILES string of the molecule is COc1ccc(OCCNC(=O)NCc2ccccc2)cc1. The van der Waals surface area contributed by atoms with Crippen LogP contribution in [-0.4, -0.2) is 26.3 Å². The van der Waals surface area contributed by atoms with Gasteiger partial charge in [0.05, 0.1) is 13.7 Å². The van der Waals surface area contributed by atoms with E-state index in [4.69, 9.17) is 9.47 Å². The smallest absolute Gasteiger partial charge is 0.315 e. The highest BCUT2D eigenvalue weighted by Gasteiger charge is 2.00. The number of ether oxygens (including phenoxy) is 2. The molecule has 2 N–H and O–H groups in total. The molecule has 0 fully saturated rings. The first kappa shape index (κ1) is 15.7. The molecule has 22 heavy (non-hydrogen) atoms. The molecule has 0 saturated carbocycles. The molecular weight excluding hydrogens is 280 g/mol. The van der Waals surface area contributed by atoms with Crippen molar-refractivity contribution in [3.63, 3.8) is 0 Å². The molecular formula is C17H20N2O3. The molecule has 2 amide bonds. The molecule has 116 valence electrons. The minimum absolute atomic E-state index is 0.206. The number of rotatable bonds is 7. The van der Waals surface area contributed by atoms with Gasteiger partial charge in [0.25, 0.3) is 0 Å². The standard InChI is InChI=1S/C17H20N2O3/c1-21-15-7-9-16(10-8-15)22-12-11-18-17(20)19-13-14-5-3-2-4-6-14/h2-10H,11-13H2,1H3,(H2,18,19,20). The van der Waals surface area contributed by atoms with Gasteiger partial charge in [0.1, 0.15) is 18.1 Å². The highest BCUT2D eigenvalue weighted by molar-refractivity contribution is 5.73. The second kappa shape index (κ2) is 8.56. The molecule has 0 aliphatic heterocycles. The lowest BCUT2D eigenvalue weighted by Crippen LogP contribution is -2.37. The highest BCUT2D eigenvalue weighted by atomic mass is 16.5. The predicted molar refractivity (Wildman–Crippen MR) is 85.2 cm³/mol. The van der Waals surface area contributed by atoms with Crippen LogP contribution in [0.5, 0.6) is 11.5 Å². The molecule has 0 spiro atoms. The number of amides is 2. The van der Waals surface area contributed by atoms with Crippen LogP contribution in [0.3, 0.4) is 0 Å². The zero-order valence-corrected chi connectivity index (χ0v) is 12.5. The van der Waals surface area contributed by atoms with Gasteiger partial charge in [-0.3, -0.25) is 0 Å². The van der Waals surface area contributed by atoms with Gasteiger partial charge in [0.15, 0.2) is 0 Å². The summed E-state index contributed by atoms with van der Waals surface area (Å²) in [6.45, 7) is 1.35. The van der Waals surface area contributed by atoms with Crippen LogP contribution >= 0.6 is 0 Å². The summed E-state index contributed by atoms with van der Waals surface area (Å²) in [6, 6.07) is 16.9. The third kappa shape index (κ3) is 5.36. The average molecular weight is 300 g/mol. The molecule has 0 unspecified atom stereocenters. The number of urea groups is 1. The Bertz CT molecular complexity index is 570. The minimum atomic E-state index is -0.206. The molecule has 0 saturated heterocycles. The Hall–Kier alpha value is -2.69. The van der Waals surface area contributed by atoms with Crippen molar-refractivity contribution in [2.45, 2.75) is 6.54 Å². The molecule has 0 aliphatic carbocycles. The fourth-order valence-electron chi connectivity index (χ4n) is 1.85. The number of methoxy groups -OCH3 is 1. The first-order valence-corrected chi connectivity index (χ1v) is 7.10. The van der Waals surface area contributed by atoms with Crippen molar-refractivity contribution in [3.8, 4) is 11.5 Å². The Morgan fingerprint density at radius 3 is 2.32 bits per heavy atom. The van der Waals surface area contributed by atoms with Crippen molar-refractivity contribution in [2.24, 2.45) is 0 Å². The molecule has 2 rings (SSSR count). The maximum absolute atomic E-state index is 11.6. The molecule has 5 heteroatoms. The fourth-order valence-corrected chi connectivity index (χ4v) is 1.85. The van der Waals surface area contributed by atoms with Gasteiger partial charge in [-0.15, -0.1) is 0 Å². The van der Waals surface area contributed by atoms with Crippen molar-refractivity contribution in [1.82, 2.24) is 10.6 Å². The van der Waals surface area contributed by atoms with Gasteiger partial charge in [-0.1, -0.05) is 30.3 Å². The van der Waals surface area contributed by atoms with E-state index in [0.717, 1.165) is 17.1 Å². The highest BCUT2D eigenvalue weighted by Crippen LogP contribution is 2.16. The van der Waals surface area contributed by atoms with Crippen molar-refractivity contribution < 1.29 is 14.3 Å². The molecule has 0 aliphatic rings. The number of benzene rings is 2. The summed E-state index contributed by atoms with van der Waals surface area (Å²) < 4.78 is 10.6. The average Bonchev–Trinajstić information content (AvgIpc) is 2.58. The largest absolute Gasteiger partial charge is 0.497 e. The lowest BCUT2D eigenvalue weighted by Gasteiger charge is -2.09. The molecule has 5 nitrogen and oxygen atoms in total. The van der Waals surface area contributed by atoms with E-state index in [0.29, 0.717) is 19.7 Å². The van der Waals surface area contributed by atoms with Crippen LogP contribution in [0.15, 0.2) is 54.6 Å². The lowest BCUT2D eigenvalue weighted by atomic mass is 10.2. The topological polar surface area (TPSA) is 59.6 Å².